The summed E-state index contributed by atoms with van der Waals surface area (Å²) in [6.07, 6.45) is 4.16. The maximum absolute atomic E-state index is 5.72. The molecule has 2 unspecified atom stereocenters. The Balaban J connectivity index is 1.80. The number of nitrogens with one attached hydrogen (secondary N) is 2. The van der Waals surface area contributed by atoms with E-state index in [0.717, 1.165) is 30.6 Å². The summed E-state index contributed by atoms with van der Waals surface area (Å²) in [6.45, 7) is 3.82. The number of hydrogen-bond acceptors (Lipinski definition) is 2. The Morgan fingerprint density at radius 2 is 2.21 bits per heavy atom. The van der Waals surface area contributed by atoms with Crippen LogP contribution in [0.15, 0.2) is 0 Å². The maximum atomic E-state index is 5.72. The molecule has 0 spiro atoms. The maximum Gasteiger partial charge on any atom is 0.166 e. The third-order valence-electron chi connectivity index (χ3n) is 2.88. The largest absolute Gasteiger partial charge is 0.376 e. The lowest BCUT2D eigenvalue weighted by atomic mass is 10.1. The van der Waals surface area contributed by atoms with Gasteiger partial charge in [-0.2, -0.15) is 0 Å². The summed E-state index contributed by atoms with van der Waals surface area (Å²) in [7, 11) is 0. The van der Waals surface area contributed by atoms with Crippen molar-refractivity contribution in [3.8, 4) is 0 Å². The minimum Gasteiger partial charge on any atom is -0.376 e. The molecular weight excluding hydrogens is 196 g/mol. The monoisotopic (exact) mass is 214 g/mol. The average molecular weight is 214 g/mol. The molecule has 14 heavy (non-hydrogen) atoms. The van der Waals surface area contributed by atoms with Gasteiger partial charge in [-0.1, -0.05) is 0 Å². The molecule has 0 amide bonds. The summed E-state index contributed by atoms with van der Waals surface area (Å²) >= 11 is 5.17. The molecule has 1 saturated heterocycles. The van der Waals surface area contributed by atoms with Crippen LogP contribution in [0.1, 0.15) is 26.2 Å². The number of ether oxygens (including phenoxy) is 1. The molecule has 1 aliphatic carbocycles. The minimum absolute atomic E-state index is 0.409. The van der Waals surface area contributed by atoms with Crippen molar-refractivity contribution in [2.75, 3.05) is 13.2 Å². The molecule has 2 aliphatic rings. The van der Waals surface area contributed by atoms with E-state index in [1.165, 1.54) is 12.8 Å². The molecular formula is C10H18N2OS. The Hall–Kier alpha value is -0.350. The highest BCUT2D eigenvalue weighted by atomic mass is 32.1. The average Bonchev–Trinajstić information content (AvgIpc) is 2.89. The van der Waals surface area contributed by atoms with Crippen LogP contribution in [-0.2, 0) is 4.74 Å². The quantitative estimate of drug-likeness (QED) is 0.688. The van der Waals surface area contributed by atoms with E-state index in [-0.39, 0.29) is 0 Å². The summed E-state index contributed by atoms with van der Waals surface area (Å²) in [6, 6.07) is 0.439. The van der Waals surface area contributed by atoms with Gasteiger partial charge in [0.05, 0.1) is 12.1 Å². The Morgan fingerprint density at radius 3 is 2.86 bits per heavy atom. The topological polar surface area (TPSA) is 33.3 Å². The smallest absolute Gasteiger partial charge is 0.166 e. The van der Waals surface area contributed by atoms with Gasteiger partial charge in [-0.25, -0.2) is 0 Å². The van der Waals surface area contributed by atoms with Gasteiger partial charge in [-0.15, -0.1) is 0 Å². The second-order valence-corrected chi connectivity index (χ2v) is 4.48. The zero-order valence-corrected chi connectivity index (χ0v) is 9.40. The van der Waals surface area contributed by atoms with Crippen LogP contribution < -0.4 is 10.6 Å². The highest BCUT2D eigenvalue weighted by Crippen LogP contribution is 2.38. The molecule has 80 valence electrons. The fraction of sp³-hybridized carbons (Fsp3) is 0.900. The van der Waals surface area contributed by atoms with Crippen LogP contribution in [0.3, 0.4) is 0 Å². The second kappa shape index (κ2) is 4.45. The van der Waals surface area contributed by atoms with Crippen LogP contribution in [0.25, 0.3) is 0 Å². The molecule has 2 N–H and O–H groups in total. The van der Waals surface area contributed by atoms with E-state index < -0.39 is 0 Å². The second-order valence-electron chi connectivity index (χ2n) is 4.07. The molecule has 1 saturated carbocycles. The third kappa shape index (κ3) is 2.36. The van der Waals surface area contributed by atoms with E-state index in [0.29, 0.717) is 12.1 Å². The van der Waals surface area contributed by atoms with Crippen molar-refractivity contribution >= 4 is 17.3 Å². The molecule has 1 aliphatic heterocycles. The van der Waals surface area contributed by atoms with Crippen LogP contribution >= 0.6 is 12.2 Å². The lowest BCUT2D eigenvalue weighted by Crippen LogP contribution is -2.46. The van der Waals surface area contributed by atoms with Crippen LogP contribution in [0.5, 0.6) is 0 Å². The van der Waals surface area contributed by atoms with Gasteiger partial charge < -0.3 is 15.4 Å². The van der Waals surface area contributed by atoms with Gasteiger partial charge in [-0.05, 0) is 44.3 Å². The van der Waals surface area contributed by atoms with Gasteiger partial charge in [0.15, 0.2) is 5.11 Å². The summed E-state index contributed by atoms with van der Waals surface area (Å²) < 4.78 is 5.72. The highest BCUT2D eigenvalue weighted by molar-refractivity contribution is 7.80. The number of thiocarbonyl (C=S) groups is 1. The molecule has 4 heteroatoms. The Morgan fingerprint density at radius 1 is 1.43 bits per heavy atom. The first kappa shape index (κ1) is 10.2. The molecule has 2 fully saturated rings. The van der Waals surface area contributed by atoms with Crippen molar-refractivity contribution < 1.29 is 4.74 Å². The first-order valence-electron chi connectivity index (χ1n) is 5.47. The van der Waals surface area contributed by atoms with E-state index >= 15 is 0 Å². The van der Waals surface area contributed by atoms with Crippen LogP contribution in [0.2, 0.25) is 0 Å². The first-order valence-corrected chi connectivity index (χ1v) is 5.88. The Kier molecular flexibility index (Phi) is 3.23. The summed E-state index contributed by atoms with van der Waals surface area (Å²) in [5.41, 5.74) is 0. The Labute approximate surface area is 90.6 Å². The van der Waals surface area contributed by atoms with Crippen molar-refractivity contribution in [1.82, 2.24) is 10.6 Å². The van der Waals surface area contributed by atoms with E-state index in [9.17, 15) is 0 Å². The van der Waals surface area contributed by atoms with Gasteiger partial charge in [-0.3, -0.25) is 0 Å². The minimum atomic E-state index is 0.409. The zero-order valence-electron chi connectivity index (χ0n) is 8.58. The van der Waals surface area contributed by atoms with Gasteiger partial charge in [0.1, 0.15) is 0 Å². The van der Waals surface area contributed by atoms with Crippen LogP contribution in [0, 0.1) is 5.92 Å². The fourth-order valence-electron chi connectivity index (χ4n) is 2.04. The lowest BCUT2D eigenvalue weighted by Gasteiger charge is -2.21. The molecule has 3 nitrogen and oxygen atoms in total. The third-order valence-corrected chi connectivity index (χ3v) is 3.14. The molecule has 2 rings (SSSR count). The summed E-state index contributed by atoms with van der Waals surface area (Å²) in [4.78, 5) is 0. The molecule has 1 heterocycles. The fourth-order valence-corrected chi connectivity index (χ4v) is 2.33. The zero-order chi connectivity index (χ0) is 9.97. The molecule has 0 aromatic heterocycles. The van der Waals surface area contributed by atoms with Gasteiger partial charge in [0, 0.05) is 13.2 Å². The van der Waals surface area contributed by atoms with Crippen molar-refractivity contribution in [2.45, 2.75) is 38.3 Å². The van der Waals surface area contributed by atoms with Gasteiger partial charge >= 0.3 is 0 Å². The van der Waals surface area contributed by atoms with E-state index in [4.69, 9.17) is 17.0 Å². The predicted molar refractivity (Wildman–Crippen MR) is 60.3 cm³/mol. The summed E-state index contributed by atoms with van der Waals surface area (Å²) in [5.74, 6) is 0.791. The molecule has 0 aromatic carbocycles. The molecule has 2 atom stereocenters. The standard InChI is InChI=1S/C10H18N2OS/c1-2-11-10(14)12-8-5-6-13-9(8)7-3-4-7/h7-9H,2-6H2,1H3,(H2,11,12,14). The van der Waals surface area contributed by atoms with Crippen molar-refractivity contribution in [3.05, 3.63) is 0 Å². The predicted octanol–water partition coefficient (Wildman–Crippen LogP) is 1.04. The van der Waals surface area contributed by atoms with Crippen molar-refractivity contribution in [2.24, 2.45) is 5.92 Å². The Bertz CT molecular complexity index is 218. The van der Waals surface area contributed by atoms with E-state index in [1.54, 1.807) is 0 Å². The van der Waals surface area contributed by atoms with Gasteiger partial charge in [0.25, 0.3) is 0 Å². The summed E-state index contributed by atoms with van der Waals surface area (Å²) in [5, 5.41) is 7.24. The van der Waals surface area contributed by atoms with Gasteiger partial charge in [0.2, 0.25) is 0 Å². The van der Waals surface area contributed by atoms with Crippen LogP contribution in [-0.4, -0.2) is 30.4 Å². The molecule has 0 bridgehead atoms. The van der Waals surface area contributed by atoms with E-state index in [1.807, 2.05) is 0 Å². The number of hydrogen-bond donors (Lipinski definition) is 2. The first-order chi connectivity index (χ1) is 6.81. The molecule has 0 aromatic rings. The number of rotatable bonds is 3. The highest BCUT2D eigenvalue weighted by Gasteiger charge is 2.40. The van der Waals surface area contributed by atoms with Crippen molar-refractivity contribution in [3.63, 3.8) is 0 Å². The molecule has 0 radical (unpaired) electrons. The normalized spacial score (nSPS) is 31.5. The van der Waals surface area contributed by atoms with E-state index in [2.05, 4.69) is 17.6 Å². The SMILES string of the molecule is CCNC(=S)NC1CCOC1C1CC1. The van der Waals surface area contributed by atoms with Crippen molar-refractivity contribution in [1.29, 1.82) is 0 Å². The lowest BCUT2D eigenvalue weighted by molar-refractivity contribution is 0.0843. The van der Waals surface area contributed by atoms with Crippen LogP contribution in [0.4, 0.5) is 0 Å².